The summed E-state index contributed by atoms with van der Waals surface area (Å²) in [5, 5.41) is 9.43. The predicted molar refractivity (Wildman–Crippen MR) is 131 cm³/mol. The van der Waals surface area contributed by atoms with Crippen LogP contribution in [0, 0.1) is 0 Å². The second-order valence-electron chi connectivity index (χ2n) is 9.64. The number of alkyl halides is 3. The maximum atomic E-state index is 13.9. The van der Waals surface area contributed by atoms with Crippen molar-refractivity contribution in [1.82, 2.24) is 3.97 Å². The molecule has 3 aromatic carbocycles. The Hall–Kier alpha value is -3.59. The lowest BCUT2D eigenvalue weighted by molar-refractivity contribution is -0.137. The SMILES string of the molecule is CC(C)(C)c1cccc(S(=O)(=O)n2c(Cc3cccc(C(=O)O)c3)cc3cc(C(F)(F)F)ccc32)c1. The first-order valence-electron chi connectivity index (χ1n) is 11.1. The van der Waals surface area contributed by atoms with Crippen LogP contribution in [0.5, 0.6) is 0 Å². The summed E-state index contributed by atoms with van der Waals surface area (Å²) in [5.74, 6) is -1.14. The van der Waals surface area contributed by atoms with E-state index in [0.29, 0.717) is 5.56 Å². The average molecular weight is 516 g/mol. The average Bonchev–Trinajstić information content (AvgIpc) is 3.16. The molecule has 1 aromatic heterocycles. The summed E-state index contributed by atoms with van der Waals surface area (Å²) in [6, 6.07) is 16.8. The first kappa shape index (κ1) is 25.5. The molecule has 9 heteroatoms. The first-order valence-corrected chi connectivity index (χ1v) is 12.5. The van der Waals surface area contributed by atoms with Gasteiger partial charge in [-0.1, -0.05) is 45.0 Å². The Bertz CT molecular complexity index is 1580. The molecule has 1 N–H and O–H groups in total. The Morgan fingerprint density at radius 3 is 2.22 bits per heavy atom. The molecular formula is C27H24F3NO4S. The van der Waals surface area contributed by atoms with Crippen molar-refractivity contribution in [2.75, 3.05) is 0 Å². The van der Waals surface area contributed by atoms with Crippen LogP contribution in [-0.2, 0) is 28.0 Å². The molecule has 188 valence electrons. The van der Waals surface area contributed by atoms with Crippen molar-refractivity contribution in [3.8, 4) is 0 Å². The molecule has 1 heterocycles. The number of carboxylic acid groups (broad SMARTS) is 1. The van der Waals surface area contributed by atoms with Crippen molar-refractivity contribution in [2.45, 2.75) is 43.7 Å². The zero-order chi connectivity index (χ0) is 26.5. The number of benzene rings is 3. The standard InChI is InChI=1S/C27H24F3NO4S/c1-26(2,3)20-8-5-9-23(16-20)36(34,35)31-22(13-17-6-4-7-18(12-17)25(32)33)15-19-14-21(27(28,29)30)10-11-24(19)31/h4-12,14-16H,13H2,1-3H3,(H,32,33). The summed E-state index contributed by atoms with van der Waals surface area (Å²) in [6.45, 7) is 5.84. The van der Waals surface area contributed by atoms with Gasteiger partial charge in [0.05, 0.1) is 21.5 Å². The van der Waals surface area contributed by atoms with Crippen molar-refractivity contribution >= 4 is 26.9 Å². The molecule has 0 saturated carbocycles. The first-order chi connectivity index (χ1) is 16.7. The molecule has 0 aliphatic rings. The van der Waals surface area contributed by atoms with Gasteiger partial charge in [-0.2, -0.15) is 13.2 Å². The fourth-order valence-corrected chi connectivity index (χ4v) is 5.67. The van der Waals surface area contributed by atoms with Gasteiger partial charge in [0.2, 0.25) is 0 Å². The zero-order valence-electron chi connectivity index (χ0n) is 19.8. The van der Waals surface area contributed by atoms with Gasteiger partial charge in [-0.05, 0) is 65.1 Å². The molecule has 0 fully saturated rings. The zero-order valence-corrected chi connectivity index (χ0v) is 20.6. The highest BCUT2D eigenvalue weighted by Crippen LogP contribution is 2.35. The molecule has 0 bridgehead atoms. The highest BCUT2D eigenvalue weighted by molar-refractivity contribution is 7.90. The van der Waals surface area contributed by atoms with Crippen LogP contribution in [0.4, 0.5) is 13.2 Å². The van der Waals surface area contributed by atoms with Crippen LogP contribution in [0.1, 0.15) is 53.5 Å². The summed E-state index contributed by atoms with van der Waals surface area (Å²) in [4.78, 5) is 11.4. The Labute approximate surface area is 206 Å². The number of fused-ring (bicyclic) bond motifs is 1. The minimum Gasteiger partial charge on any atom is -0.478 e. The van der Waals surface area contributed by atoms with Crippen LogP contribution >= 0.6 is 0 Å². The Balaban J connectivity index is 1.95. The molecule has 0 saturated heterocycles. The van der Waals surface area contributed by atoms with Crippen molar-refractivity contribution in [3.63, 3.8) is 0 Å². The third-order valence-corrected chi connectivity index (χ3v) is 7.72. The highest BCUT2D eigenvalue weighted by atomic mass is 32.2. The normalized spacial score (nSPS) is 12.7. The molecule has 0 radical (unpaired) electrons. The van der Waals surface area contributed by atoms with Crippen LogP contribution < -0.4 is 0 Å². The Morgan fingerprint density at radius 2 is 1.58 bits per heavy atom. The lowest BCUT2D eigenvalue weighted by atomic mass is 9.87. The topological polar surface area (TPSA) is 76.4 Å². The van der Waals surface area contributed by atoms with E-state index in [9.17, 15) is 31.5 Å². The monoisotopic (exact) mass is 515 g/mol. The van der Waals surface area contributed by atoms with E-state index in [-0.39, 0.29) is 38.9 Å². The molecular weight excluding hydrogens is 491 g/mol. The number of aromatic nitrogens is 1. The minimum absolute atomic E-state index is 0.00462. The summed E-state index contributed by atoms with van der Waals surface area (Å²) >= 11 is 0. The van der Waals surface area contributed by atoms with E-state index in [4.69, 9.17) is 0 Å². The molecule has 0 aliphatic carbocycles. The summed E-state index contributed by atoms with van der Waals surface area (Å²) < 4.78 is 69.0. The number of carboxylic acids is 1. The van der Waals surface area contributed by atoms with Gasteiger partial charge in [0.25, 0.3) is 10.0 Å². The number of rotatable bonds is 5. The molecule has 36 heavy (non-hydrogen) atoms. The number of carbonyl (C=O) groups is 1. The van der Waals surface area contributed by atoms with Crippen molar-refractivity contribution in [2.24, 2.45) is 0 Å². The van der Waals surface area contributed by atoms with Crippen molar-refractivity contribution in [3.05, 3.63) is 101 Å². The summed E-state index contributed by atoms with van der Waals surface area (Å²) in [5.41, 5.74) is 0.422. The minimum atomic E-state index is -4.59. The van der Waals surface area contributed by atoms with Crippen molar-refractivity contribution < 1.29 is 31.5 Å². The van der Waals surface area contributed by atoms with Crippen LogP contribution in [0.15, 0.2) is 77.7 Å². The smallest absolute Gasteiger partial charge is 0.416 e. The largest absolute Gasteiger partial charge is 0.478 e. The fraction of sp³-hybridized carbons (Fsp3) is 0.222. The second-order valence-corrected chi connectivity index (χ2v) is 11.4. The molecule has 0 spiro atoms. The number of hydrogen-bond acceptors (Lipinski definition) is 3. The third-order valence-electron chi connectivity index (χ3n) is 5.95. The van der Waals surface area contributed by atoms with E-state index in [0.717, 1.165) is 27.7 Å². The molecule has 0 aliphatic heterocycles. The van der Waals surface area contributed by atoms with E-state index >= 15 is 0 Å². The molecule has 0 atom stereocenters. The van der Waals surface area contributed by atoms with Gasteiger partial charge in [-0.25, -0.2) is 17.2 Å². The van der Waals surface area contributed by atoms with E-state index in [1.807, 2.05) is 26.8 Å². The molecule has 0 amide bonds. The summed E-state index contributed by atoms with van der Waals surface area (Å²) in [6.07, 6.45) is -4.60. The van der Waals surface area contributed by atoms with Gasteiger partial charge < -0.3 is 5.11 Å². The Morgan fingerprint density at radius 1 is 0.889 bits per heavy atom. The predicted octanol–water partition coefficient (Wildman–Crippen LogP) is 6.48. The van der Waals surface area contributed by atoms with Gasteiger partial charge in [0, 0.05) is 17.5 Å². The van der Waals surface area contributed by atoms with Crippen LogP contribution in [0.25, 0.3) is 10.9 Å². The third kappa shape index (κ3) is 4.88. The van der Waals surface area contributed by atoms with Gasteiger partial charge >= 0.3 is 12.1 Å². The van der Waals surface area contributed by atoms with E-state index in [2.05, 4.69) is 0 Å². The highest BCUT2D eigenvalue weighted by Gasteiger charge is 2.32. The number of hydrogen-bond donors (Lipinski definition) is 1. The second kappa shape index (κ2) is 8.81. The lowest BCUT2D eigenvalue weighted by Gasteiger charge is -2.20. The number of aromatic carboxylic acids is 1. The lowest BCUT2D eigenvalue weighted by Crippen LogP contribution is -2.18. The Kier molecular flexibility index (Phi) is 6.24. The van der Waals surface area contributed by atoms with Crippen LogP contribution in [0.2, 0.25) is 0 Å². The van der Waals surface area contributed by atoms with Crippen molar-refractivity contribution in [1.29, 1.82) is 0 Å². The van der Waals surface area contributed by atoms with E-state index in [1.165, 1.54) is 30.3 Å². The molecule has 4 rings (SSSR count). The number of nitrogens with zero attached hydrogens (tertiary/aromatic N) is 1. The van der Waals surface area contributed by atoms with E-state index < -0.39 is 27.7 Å². The molecule has 0 unspecified atom stereocenters. The van der Waals surface area contributed by atoms with Gasteiger partial charge in [0.1, 0.15) is 0 Å². The van der Waals surface area contributed by atoms with Gasteiger partial charge in [0.15, 0.2) is 0 Å². The number of halogens is 3. The maximum Gasteiger partial charge on any atom is 0.416 e. The molecule has 4 aromatic rings. The molecule has 5 nitrogen and oxygen atoms in total. The fourth-order valence-electron chi connectivity index (χ4n) is 4.08. The van der Waals surface area contributed by atoms with Gasteiger partial charge in [-0.3, -0.25) is 0 Å². The van der Waals surface area contributed by atoms with Crippen LogP contribution in [-0.4, -0.2) is 23.5 Å². The maximum absolute atomic E-state index is 13.9. The summed E-state index contributed by atoms with van der Waals surface area (Å²) in [7, 11) is -4.21. The quantitative estimate of drug-likeness (QED) is 0.330. The van der Waals surface area contributed by atoms with Gasteiger partial charge in [-0.15, -0.1) is 0 Å². The van der Waals surface area contributed by atoms with Crippen LogP contribution in [0.3, 0.4) is 0 Å². The van der Waals surface area contributed by atoms with E-state index in [1.54, 1.807) is 18.2 Å².